The number of carbonyl (C=O) groups is 2. The number of hydrogen-bond acceptors (Lipinski definition) is 4. The van der Waals surface area contributed by atoms with Crippen molar-refractivity contribution in [2.45, 2.75) is 12.5 Å². The summed E-state index contributed by atoms with van der Waals surface area (Å²) < 4.78 is 7.22. The van der Waals surface area contributed by atoms with Gasteiger partial charge >= 0.3 is 0 Å². The Hall–Kier alpha value is -3.02. The van der Waals surface area contributed by atoms with Crippen LogP contribution in [0.4, 0.5) is 0 Å². The van der Waals surface area contributed by atoms with Gasteiger partial charge in [0, 0.05) is 37.8 Å². The van der Waals surface area contributed by atoms with E-state index < -0.39 is 6.04 Å². The molecule has 1 unspecified atom stereocenters. The van der Waals surface area contributed by atoms with Crippen molar-refractivity contribution < 1.29 is 14.3 Å². The monoisotopic (exact) mass is 402 g/mol. The van der Waals surface area contributed by atoms with Gasteiger partial charge in [0.1, 0.15) is 6.04 Å². The standard InChI is InChI=1S/C25H26N2O3/c28-23(13-15-26-16-18-30-19-17-26)24(20-8-3-1-4-9-20)27-14-7-12-22(27)25(29)21-10-5-2-6-11-21/h1-12,14,24H,13,15-19H2. The van der Waals surface area contributed by atoms with Crippen LogP contribution in [-0.4, -0.2) is 53.9 Å². The maximum absolute atomic E-state index is 13.4. The van der Waals surface area contributed by atoms with Gasteiger partial charge in [-0.15, -0.1) is 0 Å². The van der Waals surface area contributed by atoms with E-state index >= 15 is 0 Å². The maximum Gasteiger partial charge on any atom is 0.209 e. The van der Waals surface area contributed by atoms with Gasteiger partial charge in [-0.2, -0.15) is 0 Å². The Morgan fingerprint density at radius 2 is 1.53 bits per heavy atom. The third-order valence-electron chi connectivity index (χ3n) is 5.52. The highest BCUT2D eigenvalue weighted by Crippen LogP contribution is 2.25. The fraction of sp³-hybridized carbons (Fsp3) is 0.280. The summed E-state index contributed by atoms with van der Waals surface area (Å²) in [6, 6.07) is 22.0. The highest BCUT2D eigenvalue weighted by atomic mass is 16.5. The van der Waals surface area contributed by atoms with Crippen LogP contribution in [0.1, 0.15) is 34.1 Å². The summed E-state index contributed by atoms with van der Waals surface area (Å²) in [6.07, 6.45) is 2.26. The normalized spacial score (nSPS) is 15.6. The van der Waals surface area contributed by atoms with Crippen LogP contribution in [0.5, 0.6) is 0 Å². The average Bonchev–Trinajstić information content (AvgIpc) is 3.28. The Balaban J connectivity index is 1.62. The molecule has 0 bridgehead atoms. The lowest BCUT2D eigenvalue weighted by atomic mass is 9.99. The van der Waals surface area contributed by atoms with Crippen LogP contribution >= 0.6 is 0 Å². The lowest BCUT2D eigenvalue weighted by Crippen LogP contribution is -2.38. The van der Waals surface area contributed by atoms with Crippen LogP contribution in [0.25, 0.3) is 0 Å². The van der Waals surface area contributed by atoms with E-state index in [-0.39, 0.29) is 11.6 Å². The molecule has 5 nitrogen and oxygen atoms in total. The molecule has 1 atom stereocenters. The van der Waals surface area contributed by atoms with Gasteiger partial charge in [0.15, 0.2) is 5.78 Å². The van der Waals surface area contributed by atoms with Gasteiger partial charge in [-0.1, -0.05) is 60.7 Å². The number of Topliss-reactive ketones (excluding diaryl/α,β-unsaturated/α-hetero) is 1. The summed E-state index contributed by atoms with van der Waals surface area (Å²) in [5.41, 5.74) is 2.03. The number of ether oxygens (including phenoxy) is 1. The predicted octanol–water partition coefficient (Wildman–Crippen LogP) is 3.60. The smallest absolute Gasteiger partial charge is 0.209 e. The lowest BCUT2D eigenvalue weighted by molar-refractivity contribution is -0.121. The molecule has 0 spiro atoms. The molecule has 5 heteroatoms. The van der Waals surface area contributed by atoms with Gasteiger partial charge in [-0.25, -0.2) is 0 Å². The molecule has 1 fully saturated rings. The third-order valence-corrected chi connectivity index (χ3v) is 5.52. The molecule has 4 rings (SSSR count). The summed E-state index contributed by atoms with van der Waals surface area (Å²) in [5.74, 6) is 0.0218. The minimum Gasteiger partial charge on any atom is -0.379 e. The van der Waals surface area contributed by atoms with Gasteiger partial charge in [-0.05, 0) is 17.7 Å². The van der Waals surface area contributed by atoms with Crippen molar-refractivity contribution >= 4 is 11.6 Å². The van der Waals surface area contributed by atoms with E-state index in [9.17, 15) is 9.59 Å². The van der Waals surface area contributed by atoms with Crippen LogP contribution in [0, 0.1) is 0 Å². The van der Waals surface area contributed by atoms with Gasteiger partial charge < -0.3 is 9.30 Å². The minimum absolute atomic E-state index is 0.0810. The zero-order valence-corrected chi connectivity index (χ0v) is 16.9. The summed E-state index contributed by atoms with van der Waals surface area (Å²) in [5, 5.41) is 0. The second kappa shape index (κ2) is 9.65. The lowest BCUT2D eigenvalue weighted by Gasteiger charge is -2.27. The number of hydrogen-bond donors (Lipinski definition) is 0. The first-order chi connectivity index (χ1) is 14.7. The SMILES string of the molecule is O=C(c1ccccc1)c1cccn1C(C(=O)CCN1CCOCC1)c1ccccc1. The molecule has 1 aromatic heterocycles. The number of ketones is 2. The Bertz CT molecular complexity index is 976. The Kier molecular flexibility index (Phi) is 6.52. The number of carbonyl (C=O) groups excluding carboxylic acids is 2. The number of benzene rings is 2. The summed E-state index contributed by atoms with van der Waals surface area (Å²) in [4.78, 5) is 28.8. The van der Waals surface area contributed by atoms with Crippen LogP contribution < -0.4 is 0 Å². The van der Waals surface area contributed by atoms with E-state index in [1.54, 1.807) is 18.2 Å². The molecule has 0 aliphatic carbocycles. The van der Waals surface area contributed by atoms with E-state index in [1.807, 2.05) is 65.4 Å². The van der Waals surface area contributed by atoms with Crippen molar-refractivity contribution in [3.05, 3.63) is 95.8 Å². The van der Waals surface area contributed by atoms with Crippen molar-refractivity contribution in [2.24, 2.45) is 0 Å². The van der Waals surface area contributed by atoms with Crippen molar-refractivity contribution in [1.29, 1.82) is 0 Å². The zero-order chi connectivity index (χ0) is 20.8. The summed E-state index contributed by atoms with van der Waals surface area (Å²) >= 11 is 0. The molecule has 2 heterocycles. The Morgan fingerprint density at radius 1 is 0.867 bits per heavy atom. The van der Waals surface area contributed by atoms with Crippen LogP contribution in [0.15, 0.2) is 79.0 Å². The average molecular weight is 402 g/mol. The Labute approximate surface area is 176 Å². The molecule has 0 saturated carbocycles. The van der Waals surface area contributed by atoms with E-state index in [0.29, 0.717) is 37.4 Å². The third kappa shape index (κ3) is 4.58. The summed E-state index contributed by atoms with van der Waals surface area (Å²) in [6.45, 7) is 3.83. The molecule has 2 aromatic carbocycles. The van der Waals surface area contributed by atoms with E-state index in [0.717, 1.165) is 18.7 Å². The predicted molar refractivity (Wildman–Crippen MR) is 116 cm³/mol. The highest BCUT2D eigenvalue weighted by Gasteiger charge is 2.26. The number of rotatable bonds is 8. The van der Waals surface area contributed by atoms with E-state index in [1.165, 1.54) is 0 Å². The largest absolute Gasteiger partial charge is 0.379 e. The van der Waals surface area contributed by atoms with Crippen LogP contribution in [-0.2, 0) is 9.53 Å². The topological polar surface area (TPSA) is 51.5 Å². The van der Waals surface area contributed by atoms with E-state index in [4.69, 9.17) is 4.74 Å². The minimum atomic E-state index is -0.523. The molecule has 0 N–H and O–H groups in total. The van der Waals surface area contributed by atoms with Crippen LogP contribution in [0.2, 0.25) is 0 Å². The molecule has 154 valence electrons. The number of aromatic nitrogens is 1. The second-order valence-corrected chi connectivity index (χ2v) is 7.48. The van der Waals surface area contributed by atoms with Crippen molar-refractivity contribution in [2.75, 3.05) is 32.8 Å². The van der Waals surface area contributed by atoms with E-state index in [2.05, 4.69) is 4.90 Å². The number of nitrogens with zero attached hydrogens (tertiary/aromatic N) is 2. The van der Waals surface area contributed by atoms with Crippen molar-refractivity contribution in [3.8, 4) is 0 Å². The van der Waals surface area contributed by atoms with Gasteiger partial charge in [0.25, 0.3) is 0 Å². The molecule has 1 saturated heterocycles. The Morgan fingerprint density at radius 3 is 2.23 bits per heavy atom. The zero-order valence-electron chi connectivity index (χ0n) is 16.9. The fourth-order valence-corrected chi connectivity index (χ4v) is 3.92. The molecule has 0 amide bonds. The van der Waals surface area contributed by atoms with Gasteiger partial charge in [-0.3, -0.25) is 14.5 Å². The molecule has 0 radical (unpaired) electrons. The van der Waals surface area contributed by atoms with Crippen molar-refractivity contribution in [3.63, 3.8) is 0 Å². The number of morpholine rings is 1. The van der Waals surface area contributed by atoms with Gasteiger partial charge in [0.2, 0.25) is 5.78 Å². The van der Waals surface area contributed by atoms with Gasteiger partial charge in [0.05, 0.1) is 18.9 Å². The highest BCUT2D eigenvalue weighted by molar-refractivity contribution is 6.08. The first-order valence-electron chi connectivity index (χ1n) is 10.4. The summed E-state index contributed by atoms with van der Waals surface area (Å²) in [7, 11) is 0. The van der Waals surface area contributed by atoms with Crippen molar-refractivity contribution in [1.82, 2.24) is 9.47 Å². The molecule has 1 aliphatic rings. The molecule has 30 heavy (non-hydrogen) atoms. The molecular formula is C25H26N2O3. The first kappa shape index (κ1) is 20.3. The quantitative estimate of drug-likeness (QED) is 0.540. The fourth-order valence-electron chi connectivity index (χ4n) is 3.92. The van der Waals surface area contributed by atoms with Crippen LogP contribution in [0.3, 0.4) is 0 Å². The second-order valence-electron chi connectivity index (χ2n) is 7.48. The first-order valence-corrected chi connectivity index (χ1v) is 10.4. The molecular weight excluding hydrogens is 376 g/mol. The molecule has 3 aromatic rings. The molecule has 1 aliphatic heterocycles. The maximum atomic E-state index is 13.4.